The highest BCUT2D eigenvalue weighted by atomic mass is 16.6. The Morgan fingerprint density at radius 2 is 2.00 bits per heavy atom. The SMILES string of the molecule is CN1C(=O)C/C(=N\OCc2ccccc2)C1=O. The highest BCUT2D eigenvalue weighted by molar-refractivity contribution is 6.48. The van der Waals surface area contributed by atoms with E-state index >= 15 is 0 Å². The lowest BCUT2D eigenvalue weighted by Gasteiger charge is -2.02. The van der Waals surface area contributed by atoms with Crippen LogP contribution in [0.5, 0.6) is 0 Å². The monoisotopic (exact) mass is 232 g/mol. The molecule has 5 nitrogen and oxygen atoms in total. The van der Waals surface area contributed by atoms with E-state index < -0.39 is 0 Å². The number of amides is 2. The standard InChI is InChI=1S/C12H12N2O3/c1-14-11(15)7-10(12(14)16)13-17-8-9-5-3-2-4-6-9/h2-6H,7-8H2,1H3/b13-10+. The summed E-state index contributed by atoms with van der Waals surface area (Å²) >= 11 is 0. The zero-order valence-electron chi connectivity index (χ0n) is 9.42. The number of oxime groups is 1. The van der Waals surface area contributed by atoms with Crippen molar-refractivity contribution in [3.63, 3.8) is 0 Å². The third-order valence-corrected chi connectivity index (χ3v) is 2.49. The van der Waals surface area contributed by atoms with Gasteiger partial charge in [-0.25, -0.2) is 0 Å². The van der Waals surface area contributed by atoms with Crippen LogP contribution in [0.2, 0.25) is 0 Å². The van der Waals surface area contributed by atoms with Crippen molar-refractivity contribution in [2.75, 3.05) is 7.05 Å². The number of rotatable bonds is 3. The zero-order chi connectivity index (χ0) is 12.3. The smallest absolute Gasteiger partial charge is 0.278 e. The molecule has 1 aromatic carbocycles. The lowest BCUT2D eigenvalue weighted by Crippen LogP contribution is -2.25. The number of carbonyl (C=O) groups is 2. The van der Waals surface area contributed by atoms with Crippen LogP contribution in [-0.4, -0.2) is 29.5 Å². The summed E-state index contributed by atoms with van der Waals surface area (Å²) in [6.07, 6.45) is 0.0180. The van der Waals surface area contributed by atoms with Crippen LogP contribution in [0.4, 0.5) is 0 Å². The average molecular weight is 232 g/mol. The molecule has 0 N–H and O–H groups in total. The molecular weight excluding hydrogens is 220 g/mol. The molecule has 0 spiro atoms. The molecule has 17 heavy (non-hydrogen) atoms. The van der Waals surface area contributed by atoms with E-state index in [9.17, 15) is 9.59 Å². The van der Waals surface area contributed by atoms with Crippen molar-refractivity contribution >= 4 is 17.5 Å². The van der Waals surface area contributed by atoms with Crippen molar-refractivity contribution in [2.45, 2.75) is 13.0 Å². The Morgan fingerprint density at radius 1 is 1.29 bits per heavy atom. The van der Waals surface area contributed by atoms with E-state index in [1.54, 1.807) is 0 Å². The Labute approximate surface area is 98.7 Å². The Balaban J connectivity index is 1.94. The molecule has 1 aliphatic rings. The van der Waals surface area contributed by atoms with E-state index in [1.165, 1.54) is 7.05 Å². The highest BCUT2D eigenvalue weighted by Crippen LogP contribution is 2.08. The van der Waals surface area contributed by atoms with Crippen LogP contribution in [0.25, 0.3) is 0 Å². The van der Waals surface area contributed by atoms with Crippen molar-refractivity contribution in [3.8, 4) is 0 Å². The number of hydrogen-bond acceptors (Lipinski definition) is 4. The second-order valence-electron chi connectivity index (χ2n) is 3.73. The molecule has 1 fully saturated rings. The van der Waals surface area contributed by atoms with Crippen molar-refractivity contribution in [1.29, 1.82) is 0 Å². The third-order valence-electron chi connectivity index (χ3n) is 2.49. The first-order chi connectivity index (χ1) is 8.18. The van der Waals surface area contributed by atoms with Crippen molar-refractivity contribution < 1.29 is 14.4 Å². The lowest BCUT2D eigenvalue weighted by molar-refractivity contribution is -0.135. The topological polar surface area (TPSA) is 59.0 Å². The molecule has 1 aliphatic heterocycles. The van der Waals surface area contributed by atoms with Gasteiger partial charge in [-0.05, 0) is 5.56 Å². The first-order valence-electron chi connectivity index (χ1n) is 5.22. The van der Waals surface area contributed by atoms with Gasteiger partial charge in [-0.2, -0.15) is 0 Å². The van der Waals surface area contributed by atoms with Gasteiger partial charge in [-0.3, -0.25) is 14.5 Å². The number of hydrogen-bond donors (Lipinski definition) is 0. The first-order valence-corrected chi connectivity index (χ1v) is 5.22. The van der Waals surface area contributed by atoms with E-state index in [0.29, 0.717) is 0 Å². The van der Waals surface area contributed by atoms with Crippen molar-refractivity contribution in [3.05, 3.63) is 35.9 Å². The molecule has 0 bridgehead atoms. The van der Waals surface area contributed by atoms with Crippen molar-refractivity contribution in [1.82, 2.24) is 4.90 Å². The lowest BCUT2D eigenvalue weighted by atomic mass is 10.2. The second-order valence-corrected chi connectivity index (χ2v) is 3.73. The number of nitrogens with zero attached hydrogens (tertiary/aromatic N) is 2. The maximum Gasteiger partial charge on any atom is 0.278 e. The normalized spacial score (nSPS) is 17.9. The average Bonchev–Trinajstić information content (AvgIpc) is 2.59. The minimum Gasteiger partial charge on any atom is -0.391 e. The number of carbonyl (C=O) groups excluding carboxylic acids is 2. The summed E-state index contributed by atoms with van der Waals surface area (Å²) in [6.45, 7) is 0.287. The predicted molar refractivity (Wildman–Crippen MR) is 61.1 cm³/mol. The van der Waals surface area contributed by atoms with Gasteiger partial charge in [0.2, 0.25) is 5.91 Å². The molecule has 5 heteroatoms. The minimum atomic E-state index is -0.386. The first kappa shape index (κ1) is 11.3. The van der Waals surface area contributed by atoms with Gasteiger partial charge in [0, 0.05) is 7.05 Å². The number of likely N-dealkylation sites (tertiary alicyclic amines) is 1. The Morgan fingerprint density at radius 3 is 2.59 bits per heavy atom. The van der Waals surface area contributed by atoms with Gasteiger partial charge in [0.05, 0.1) is 6.42 Å². The van der Waals surface area contributed by atoms with Crippen LogP contribution in [0.3, 0.4) is 0 Å². The fourth-order valence-corrected chi connectivity index (χ4v) is 1.47. The molecule has 88 valence electrons. The van der Waals surface area contributed by atoms with Crippen LogP contribution < -0.4 is 0 Å². The minimum absolute atomic E-state index is 0.0180. The summed E-state index contributed by atoms with van der Waals surface area (Å²) < 4.78 is 0. The highest BCUT2D eigenvalue weighted by Gasteiger charge is 2.32. The Kier molecular flexibility index (Phi) is 3.18. The van der Waals surface area contributed by atoms with Crippen LogP contribution in [0.15, 0.2) is 35.5 Å². The molecule has 0 aromatic heterocycles. The Bertz CT molecular complexity index is 468. The second kappa shape index (κ2) is 4.78. The molecule has 1 saturated heterocycles. The summed E-state index contributed by atoms with van der Waals surface area (Å²) in [4.78, 5) is 28.8. The number of imide groups is 1. The molecule has 2 amide bonds. The van der Waals surface area contributed by atoms with Crippen LogP contribution in [-0.2, 0) is 21.0 Å². The van der Waals surface area contributed by atoms with Crippen molar-refractivity contribution in [2.24, 2.45) is 5.16 Å². The van der Waals surface area contributed by atoms with Gasteiger partial charge in [0.15, 0.2) is 5.71 Å². The fourth-order valence-electron chi connectivity index (χ4n) is 1.47. The van der Waals surface area contributed by atoms with Crippen LogP contribution >= 0.6 is 0 Å². The van der Waals surface area contributed by atoms with Crippen LogP contribution in [0.1, 0.15) is 12.0 Å². The molecule has 2 rings (SSSR count). The van der Waals surface area contributed by atoms with E-state index in [4.69, 9.17) is 4.84 Å². The maximum atomic E-state index is 11.5. The summed E-state index contributed by atoms with van der Waals surface area (Å²) in [7, 11) is 1.43. The zero-order valence-corrected chi connectivity index (χ0v) is 9.42. The number of benzene rings is 1. The predicted octanol–water partition coefficient (Wildman–Crippen LogP) is 0.948. The molecule has 0 aliphatic carbocycles. The van der Waals surface area contributed by atoms with Crippen LogP contribution in [0, 0.1) is 0 Å². The van der Waals surface area contributed by atoms with Gasteiger partial charge in [-0.15, -0.1) is 0 Å². The quantitative estimate of drug-likeness (QED) is 0.575. The van der Waals surface area contributed by atoms with E-state index in [1.807, 2.05) is 30.3 Å². The van der Waals surface area contributed by atoms with Gasteiger partial charge < -0.3 is 4.84 Å². The molecule has 0 atom stereocenters. The third kappa shape index (κ3) is 2.50. The summed E-state index contributed by atoms with van der Waals surface area (Å²) in [5.74, 6) is -0.639. The van der Waals surface area contributed by atoms with Gasteiger partial charge in [0.25, 0.3) is 5.91 Å². The van der Waals surface area contributed by atoms with E-state index in [0.717, 1.165) is 10.5 Å². The van der Waals surface area contributed by atoms with Gasteiger partial charge in [-0.1, -0.05) is 35.5 Å². The fraction of sp³-hybridized carbons (Fsp3) is 0.250. The summed E-state index contributed by atoms with van der Waals surface area (Å²) in [5, 5.41) is 3.70. The van der Waals surface area contributed by atoms with E-state index in [2.05, 4.69) is 5.16 Å². The summed E-state index contributed by atoms with van der Waals surface area (Å²) in [5.41, 5.74) is 1.12. The maximum absolute atomic E-state index is 11.5. The summed E-state index contributed by atoms with van der Waals surface area (Å²) in [6, 6.07) is 9.49. The molecule has 0 saturated carbocycles. The van der Waals surface area contributed by atoms with Gasteiger partial charge in [0.1, 0.15) is 6.61 Å². The molecule has 1 heterocycles. The molecule has 0 radical (unpaired) electrons. The van der Waals surface area contributed by atoms with Gasteiger partial charge >= 0.3 is 0 Å². The Hall–Kier alpha value is -2.17. The molecule has 0 unspecified atom stereocenters. The molecule has 1 aromatic rings. The largest absolute Gasteiger partial charge is 0.391 e. The van der Waals surface area contributed by atoms with E-state index in [-0.39, 0.29) is 30.6 Å². The molecular formula is C12H12N2O3.